The Balaban J connectivity index is 2.06. The predicted molar refractivity (Wildman–Crippen MR) is 111 cm³/mol. The van der Waals surface area contributed by atoms with Crippen LogP contribution < -0.4 is 4.74 Å². The van der Waals surface area contributed by atoms with Gasteiger partial charge in [-0.05, 0) is 48.2 Å². The molecule has 0 aliphatic heterocycles. The summed E-state index contributed by atoms with van der Waals surface area (Å²) in [6.07, 6.45) is 0. The standard InChI is InChI=1S/C21H23ClN2O3S/c1-13-20(24-19(23-13)17-12-15(22)8-11-18(17)27-5)28(25,26)16-9-6-14(7-10-16)21(2,3)4/h6-12H,1-5H3,(H,23,24). The van der Waals surface area contributed by atoms with E-state index >= 15 is 0 Å². The molecule has 1 aromatic heterocycles. The first kappa shape index (κ1) is 20.4. The van der Waals surface area contributed by atoms with Crippen molar-refractivity contribution in [3.8, 4) is 17.1 Å². The third-order valence-corrected chi connectivity index (χ3v) is 6.58. The van der Waals surface area contributed by atoms with Gasteiger partial charge in [0.15, 0.2) is 5.03 Å². The van der Waals surface area contributed by atoms with Gasteiger partial charge in [-0.3, -0.25) is 0 Å². The molecule has 0 fully saturated rings. The van der Waals surface area contributed by atoms with Crippen LogP contribution in [0, 0.1) is 6.92 Å². The van der Waals surface area contributed by atoms with E-state index in [1.807, 2.05) is 12.1 Å². The molecule has 1 N–H and O–H groups in total. The second-order valence-electron chi connectivity index (χ2n) is 7.64. The van der Waals surface area contributed by atoms with Gasteiger partial charge in [-0.15, -0.1) is 0 Å². The minimum Gasteiger partial charge on any atom is -0.496 e. The van der Waals surface area contributed by atoms with Gasteiger partial charge in [0, 0.05) is 5.02 Å². The Labute approximate surface area is 170 Å². The Morgan fingerprint density at radius 3 is 2.29 bits per heavy atom. The molecule has 1 heterocycles. The fraction of sp³-hybridized carbons (Fsp3) is 0.286. The van der Waals surface area contributed by atoms with Crippen molar-refractivity contribution in [1.29, 1.82) is 0 Å². The Morgan fingerprint density at radius 2 is 1.71 bits per heavy atom. The molecule has 0 bridgehead atoms. The van der Waals surface area contributed by atoms with Gasteiger partial charge >= 0.3 is 0 Å². The number of halogens is 1. The quantitative estimate of drug-likeness (QED) is 0.633. The maximum atomic E-state index is 13.1. The number of ether oxygens (including phenoxy) is 1. The average Bonchev–Trinajstić information content (AvgIpc) is 3.03. The average molecular weight is 419 g/mol. The molecular formula is C21H23ClN2O3S. The molecule has 0 aliphatic carbocycles. The lowest BCUT2D eigenvalue weighted by atomic mass is 9.87. The zero-order chi connectivity index (χ0) is 20.7. The molecule has 0 radical (unpaired) electrons. The summed E-state index contributed by atoms with van der Waals surface area (Å²) in [4.78, 5) is 7.62. The Bertz CT molecular complexity index is 1110. The number of sulfone groups is 1. The van der Waals surface area contributed by atoms with Crippen molar-refractivity contribution in [2.24, 2.45) is 0 Å². The molecule has 0 saturated carbocycles. The van der Waals surface area contributed by atoms with Crippen LogP contribution in [0.1, 0.15) is 32.0 Å². The van der Waals surface area contributed by atoms with Crippen LogP contribution in [0.25, 0.3) is 11.4 Å². The Hall–Kier alpha value is -2.31. The lowest BCUT2D eigenvalue weighted by Gasteiger charge is -2.19. The summed E-state index contributed by atoms with van der Waals surface area (Å²) in [7, 11) is -2.23. The van der Waals surface area contributed by atoms with E-state index in [4.69, 9.17) is 16.3 Å². The normalized spacial score (nSPS) is 12.2. The molecule has 7 heteroatoms. The summed E-state index contributed by atoms with van der Waals surface area (Å²) in [5.41, 5.74) is 2.06. The highest BCUT2D eigenvalue weighted by molar-refractivity contribution is 7.91. The first-order chi connectivity index (χ1) is 13.0. The molecule has 3 aromatic rings. The molecule has 5 nitrogen and oxygen atoms in total. The Morgan fingerprint density at radius 1 is 1.07 bits per heavy atom. The number of hydrogen-bond donors (Lipinski definition) is 1. The van der Waals surface area contributed by atoms with E-state index in [0.717, 1.165) is 5.56 Å². The highest BCUT2D eigenvalue weighted by atomic mass is 35.5. The number of rotatable bonds is 4. The predicted octanol–water partition coefficient (Wildman–Crippen LogP) is 5.18. The monoisotopic (exact) mass is 418 g/mol. The van der Waals surface area contributed by atoms with Crippen LogP contribution in [0.15, 0.2) is 52.4 Å². The van der Waals surface area contributed by atoms with Gasteiger partial charge in [-0.1, -0.05) is 44.5 Å². The van der Waals surface area contributed by atoms with E-state index < -0.39 is 9.84 Å². The minimum absolute atomic E-state index is 0.00645. The number of nitrogens with one attached hydrogen (secondary N) is 1. The second kappa shape index (κ2) is 7.26. The SMILES string of the molecule is COc1ccc(Cl)cc1-c1nc(S(=O)(=O)c2ccc(C(C)(C)C)cc2)c(C)[nH]1. The summed E-state index contributed by atoms with van der Waals surface area (Å²) >= 11 is 6.09. The molecule has 148 valence electrons. The van der Waals surface area contributed by atoms with Gasteiger partial charge < -0.3 is 9.72 Å². The van der Waals surface area contributed by atoms with Crippen LogP contribution in [0.2, 0.25) is 5.02 Å². The molecule has 28 heavy (non-hydrogen) atoms. The summed E-state index contributed by atoms with van der Waals surface area (Å²) < 4.78 is 31.6. The summed E-state index contributed by atoms with van der Waals surface area (Å²) in [6, 6.07) is 12.1. The van der Waals surface area contributed by atoms with E-state index in [-0.39, 0.29) is 15.3 Å². The third kappa shape index (κ3) is 3.80. The largest absolute Gasteiger partial charge is 0.496 e. The number of aromatic amines is 1. The zero-order valence-electron chi connectivity index (χ0n) is 16.5. The number of methoxy groups -OCH3 is 1. The van der Waals surface area contributed by atoms with Gasteiger partial charge in [0.2, 0.25) is 9.84 Å². The van der Waals surface area contributed by atoms with Crippen LogP contribution in [-0.2, 0) is 15.3 Å². The highest BCUT2D eigenvalue weighted by Gasteiger charge is 2.26. The molecule has 2 aromatic carbocycles. The minimum atomic E-state index is -3.76. The number of H-pyrrole nitrogens is 1. The molecule has 0 amide bonds. The number of aromatic nitrogens is 2. The Kier molecular flexibility index (Phi) is 5.30. The van der Waals surface area contributed by atoms with Crippen molar-refractivity contribution in [2.75, 3.05) is 7.11 Å². The topological polar surface area (TPSA) is 72.0 Å². The molecule has 0 unspecified atom stereocenters. The van der Waals surface area contributed by atoms with Crippen LogP contribution in [-0.4, -0.2) is 25.5 Å². The first-order valence-electron chi connectivity index (χ1n) is 8.80. The van der Waals surface area contributed by atoms with E-state index in [2.05, 4.69) is 30.7 Å². The van der Waals surface area contributed by atoms with Crippen LogP contribution in [0.5, 0.6) is 5.75 Å². The van der Waals surface area contributed by atoms with E-state index in [0.29, 0.717) is 27.9 Å². The van der Waals surface area contributed by atoms with Gasteiger partial charge in [-0.25, -0.2) is 13.4 Å². The maximum Gasteiger partial charge on any atom is 0.225 e. The van der Waals surface area contributed by atoms with Crippen molar-refractivity contribution in [3.63, 3.8) is 0 Å². The maximum absolute atomic E-state index is 13.1. The lowest BCUT2D eigenvalue weighted by molar-refractivity contribution is 0.416. The number of imidazole rings is 1. The van der Waals surface area contributed by atoms with Crippen LogP contribution >= 0.6 is 11.6 Å². The molecule has 0 atom stereocenters. The van der Waals surface area contributed by atoms with Crippen LogP contribution in [0.4, 0.5) is 0 Å². The molecular weight excluding hydrogens is 396 g/mol. The second-order valence-corrected chi connectivity index (χ2v) is 9.94. The van der Waals surface area contributed by atoms with Gasteiger partial charge in [-0.2, -0.15) is 0 Å². The fourth-order valence-corrected chi connectivity index (χ4v) is 4.50. The van der Waals surface area contributed by atoms with Crippen molar-refractivity contribution in [3.05, 3.63) is 58.7 Å². The number of hydrogen-bond acceptors (Lipinski definition) is 4. The number of benzene rings is 2. The summed E-state index contributed by atoms with van der Waals surface area (Å²) in [6.45, 7) is 7.93. The van der Waals surface area contributed by atoms with E-state index in [1.165, 1.54) is 7.11 Å². The van der Waals surface area contributed by atoms with E-state index in [9.17, 15) is 8.42 Å². The number of aryl methyl sites for hydroxylation is 1. The highest BCUT2D eigenvalue weighted by Crippen LogP contribution is 2.33. The molecule has 0 saturated heterocycles. The molecule has 0 spiro atoms. The zero-order valence-corrected chi connectivity index (χ0v) is 18.1. The fourth-order valence-electron chi connectivity index (χ4n) is 2.94. The van der Waals surface area contributed by atoms with Crippen molar-refractivity contribution in [1.82, 2.24) is 9.97 Å². The third-order valence-electron chi connectivity index (χ3n) is 4.54. The van der Waals surface area contributed by atoms with Crippen molar-refractivity contribution in [2.45, 2.75) is 43.0 Å². The smallest absolute Gasteiger partial charge is 0.225 e. The number of nitrogens with zero attached hydrogens (tertiary/aromatic N) is 1. The summed E-state index contributed by atoms with van der Waals surface area (Å²) in [5, 5.41) is 0.500. The van der Waals surface area contributed by atoms with Crippen molar-refractivity contribution >= 4 is 21.4 Å². The van der Waals surface area contributed by atoms with Crippen molar-refractivity contribution < 1.29 is 13.2 Å². The van der Waals surface area contributed by atoms with Gasteiger partial charge in [0.05, 0.1) is 23.3 Å². The first-order valence-corrected chi connectivity index (χ1v) is 10.7. The molecule has 3 rings (SSSR count). The van der Waals surface area contributed by atoms with Crippen LogP contribution in [0.3, 0.4) is 0 Å². The molecule has 0 aliphatic rings. The summed E-state index contributed by atoms with van der Waals surface area (Å²) in [5.74, 6) is 0.943. The van der Waals surface area contributed by atoms with E-state index in [1.54, 1.807) is 37.3 Å². The van der Waals surface area contributed by atoms with Gasteiger partial charge in [0.1, 0.15) is 11.6 Å². The lowest BCUT2D eigenvalue weighted by Crippen LogP contribution is -2.11. The van der Waals surface area contributed by atoms with Gasteiger partial charge in [0.25, 0.3) is 0 Å².